The first-order valence-electron chi connectivity index (χ1n) is 6.01. The van der Waals surface area contributed by atoms with Gasteiger partial charge in [-0.25, -0.2) is 9.97 Å². The van der Waals surface area contributed by atoms with E-state index in [9.17, 15) is 4.79 Å². The Hall–Kier alpha value is -0.810. The van der Waals surface area contributed by atoms with E-state index in [0.29, 0.717) is 16.8 Å². The second kappa shape index (κ2) is 5.89. The molecule has 1 N–H and O–H groups in total. The summed E-state index contributed by atoms with van der Waals surface area (Å²) in [6.07, 6.45) is 2.27. The van der Waals surface area contributed by atoms with E-state index in [1.165, 1.54) is 11.8 Å². The Kier molecular flexibility index (Phi) is 4.45. The Bertz CT molecular complexity index is 449. The van der Waals surface area contributed by atoms with Gasteiger partial charge in [0.15, 0.2) is 0 Å². The number of carbonyl (C=O) groups excluding carboxylic acids is 1. The van der Waals surface area contributed by atoms with Crippen LogP contribution in [-0.4, -0.2) is 27.7 Å². The predicted octanol–water partition coefficient (Wildman–Crippen LogP) is 2.62. The van der Waals surface area contributed by atoms with Crippen LogP contribution < -0.4 is 5.32 Å². The van der Waals surface area contributed by atoms with Crippen molar-refractivity contribution in [3.63, 3.8) is 0 Å². The summed E-state index contributed by atoms with van der Waals surface area (Å²) >= 11 is 7.35. The van der Waals surface area contributed by atoms with Crippen LogP contribution in [0.25, 0.3) is 0 Å². The zero-order chi connectivity index (χ0) is 13.1. The van der Waals surface area contributed by atoms with Crippen LogP contribution in [0.15, 0.2) is 11.1 Å². The molecule has 0 aromatic carbocycles. The number of nitrogens with one attached hydrogen (secondary N) is 1. The molecular formula is C12H16ClN3OS. The van der Waals surface area contributed by atoms with Gasteiger partial charge in [0.25, 0.3) is 0 Å². The largest absolute Gasteiger partial charge is 0.353 e. The molecule has 1 amide bonds. The first kappa shape index (κ1) is 13.6. The minimum Gasteiger partial charge on any atom is -0.353 e. The first-order valence-corrected chi connectivity index (χ1v) is 7.37. The van der Waals surface area contributed by atoms with E-state index in [4.69, 9.17) is 11.6 Å². The number of carbonyl (C=O) groups is 1. The molecule has 0 unspecified atom stereocenters. The molecule has 1 aromatic heterocycles. The van der Waals surface area contributed by atoms with Gasteiger partial charge >= 0.3 is 0 Å². The van der Waals surface area contributed by atoms with Crippen LogP contribution in [0.1, 0.15) is 38.4 Å². The summed E-state index contributed by atoms with van der Waals surface area (Å²) in [4.78, 5) is 20.2. The molecular weight excluding hydrogens is 270 g/mol. The Labute approximate surface area is 116 Å². The summed E-state index contributed by atoms with van der Waals surface area (Å²) in [6, 6.07) is 1.87. The van der Waals surface area contributed by atoms with E-state index in [-0.39, 0.29) is 11.9 Å². The highest BCUT2D eigenvalue weighted by molar-refractivity contribution is 7.99. The minimum absolute atomic E-state index is 0.0118. The van der Waals surface area contributed by atoms with Crippen molar-refractivity contribution in [3.05, 3.63) is 17.0 Å². The third kappa shape index (κ3) is 4.14. The Morgan fingerprint density at radius 3 is 2.89 bits per heavy atom. The number of rotatable bonds is 5. The molecule has 0 aliphatic heterocycles. The van der Waals surface area contributed by atoms with Crippen LogP contribution in [0, 0.1) is 0 Å². The lowest BCUT2D eigenvalue weighted by molar-refractivity contribution is -0.119. The van der Waals surface area contributed by atoms with Gasteiger partial charge in [-0.15, -0.1) is 0 Å². The van der Waals surface area contributed by atoms with Crippen LogP contribution in [0.5, 0.6) is 0 Å². The van der Waals surface area contributed by atoms with Crippen LogP contribution >= 0.6 is 23.4 Å². The second-order valence-corrected chi connectivity index (χ2v) is 6.06. The SMILES string of the molecule is CC(C)NC(=O)CSc1cc(Cl)nc(C2CC2)n1. The van der Waals surface area contributed by atoms with Gasteiger partial charge in [0, 0.05) is 18.0 Å². The van der Waals surface area contributed by atoms with Crippen molar-refractivity contribution in [1.29, 1.82) is 0 Å². The summed E-state index contributed by atoms with van der Waals surface area (Å²) in [5, 5.41) is 4.07. The van der Waals surface area contributed by atoms with Gasteiger partial charge in [0.1, 0.15) is 16.0 Å². The highest BCUT2D eigenvalue weighted by Gasteiger charge is 2.27. The second-order valence-electron chi connectivity index (χ2n) is 4.67. The van der Waals surface area contributed by atoms with Gasteiger partial charge in [0.2, 0.25) is 5.91 Å². The first-order chi connectivity index (χ1) is 8.54. The molecule has 0 atom stereocenters. The molecule has 1 saturated carbocycles. The van der Waals surface area contributed by atoms with Crippen molar-refractivity contribution in [2.45, 2.75) is 43.7 Å². The van der Waals surface area contributed by atoms with Gasteiger partial charge in [-0.1, -0.05) is 23.4 Å². The lowest BCUT2D eigenvalue weighted by atomic mass is 10.4. The van der Waals surface area contributed by atoms with E-state index in [1.807, 2.05) is 13.8 Å². The number of hydrogen-bond acceptors (Lipinski definition) is 4. The number of thioether (sulfide) groups is 1. The predicted molar refractivity (Wildman–Crippen MR) is 73.0 cm³/mol. The van der Waals surface area contributed by atoms with Crippen LogP contribution in [-0.2, 0) is 4.79 Å². The maximum atomic E-state index is 11.5. The van der Waals surface area contributed by atoms with Crippen LogP contribution in [0.3, 0.4) is 0 Å². The summed E-state index contributed by atoms with van der Waals surface area (Å²) in [7, 11) is 0. The number of nitrogens with zero attached hydrogens (tertiary/aromatic N) is 2. The molecule has 0 spiro atoms. The number of aromatic nitrogens is 2. The van der Waals surface area contributed by atoms with Crippen molar-refractivity contribution in [3.8, 4) is 0 Å². The summed E-state index contributed by atoms with van der Waals surface area (Å²) in [5.41, 5.74) is 0. The van der Waals surface area contributed by atoms with E-state index >= 15 is 0 Å². The van der Waals surface area contributed by atoms with Crippen molar-refractivity contribution in [2.75, 3.05) is 5.75 Å². The maximum absolute atomic E-state index is 11.5. The molecule has 6 heteroatoms. The highest BCUT2D eigenvalue weighted by Crippen LogP contribution is 2.39. The van der Waals surface area contributed by atoms with Crippen LogP contribution in [0.4, 0.5) is 0 Å². The zero-order valence-electron chi connectivity index (χ0n) is 10.4. The molecule has 1 aliphatic carbocycles. The third-order valence-corrected chi connectivity index (χ3v) is 3.54. The average Bonchev–Trinajstić information content (AvgIpc) is 3.08. The molecule has 0 radical (unpaired) electrons. The van der Waals surface area contributed by atoms with Gasteiger partial charge in [-0.05, 0) is 26.7 Å². The molecule has 2 rings (SSSR count). The van der Waals surface area contributed by atoms with E-state index < -0.39 is 0 Å². The fourth-order valence-electron chi connectivity index (χ4n) is 1.51. The lowest BCUT2D eigenvalue weighted by Gasteiger charge is -2.08. The highest BCUT2D eigenvalue weighted by atomic mass is 35.5. The fraction of sp³-hybridized carbons (Fsp3) is 0.583. The van der Waals surface area contributed by atoms with Gasteiger partial charge in [-0.2, -0.15) is 0 Å². The molecule has 1 heterocycles. The molecule has 0 saturated heterocycles. The van der Waals surface area contributed by atoms with E-state index in [1.54, 1.807) is 6.07 Å². The Balaban J connectivity index is 1.94. The monoisotopic (exact) mass is 285 g/mol. The van der Waals surface area contributed by atoms with Crippen molar-refractivity contribution >= 4 is 29.3 Å². The Morgan fingerprint density at radius 1 is 1.56 bits per heavy atom. The smallest absolute Gasteiger partial charge is 0.230 e. The molecule has 98 valence electrons. The van der Waals surface area contributed by atoms with E-state index in [2.05, 4.69) is 15.3 Å². The summed E-state index contributed by atoms with van der Waals surface area (Å²) < 4.78 is 0. The fourth-order valence-corrected chi connectivity index (χ4v) is 2.48. The van der Waals surface area contributed by atoms with E-state index in [0.717, 1.165) is 23.7 Å². The van der Waals surface area contributed by atoms with Gasteiger partial charge < -0.3 is 5.32 Å². The lowest BCUT2D eigenvalue weighted by Crippen LogP contribution is -2.31. The number of halogens is 1. The maximum Gasteiger partial charge on any atom is 0.230 e. The van der Waals surface area contributed by atoms with Crippen LogP contribution in [0.2, 0.25) is 5.15 Å². The molecule has 0 bridgehead atoms. The van der Waals surface area contributed by atoms with Crippen molar-refractivity contribution in [1.82, 2.24) is 15.3 Å². The molecule has 1 aliphatic rings. The number of amides is 1. The minimum atomic E-state index is 0.0118. The van der Waals surface area contributed by atoms with Crippen molar-refractivity contribution < 1.29 is 4.79 Å². The molecule has 18 heavy (non-hydrogen) atoms. The zero-order valence-corrected chi connectivity index (χ0v) is 12.0. The molecule has 4 nitrogen and oxygen atoms in total. The normalized spacial score (nSPS) is 14.9. The molecule has 1 aromatic rings. The average molecular weight is 286 g/mol. The molecule has 1 fully saturated rings. The third-order valence-electron chi connectivity index (χ3n) is 2.43. The topological polar surface area (TPSA) is 54.9 Å². The number of hydrogen-bond donors (Lipinski definition) is 1. The summed E-state index contributed by atoms with van der Waals surface area (Å²) in [5.74, 6) is 1.65. The Morgan fingerprint density at radius 2 is 2.28 bits per heavy atom. The van der Waals surface area contributed by atoms with Gasteiger partial charge in [0.05, 0.1) is 5.75 Å². The quantitative estimate of drug-likeness (QED) is 0.667. The van der Waals surface area contributed by atoms with Crippen molar-refractivity contribution in [2.24, 2.45) is 0 Å². The summed E-state index contributed by atoms with van der Waals surface area (Å²) in [6.45, 7) is 3.88. The van der Waals surface area contributed by atoms with Gasteiger partial charge in [-0.3, -0.25) is 4.79 Å². The standard InChI is InChI=1S/C12H16ClN3OS/c1-7(2)14-10(17)6-18-11-5-9(13)15-12(16-11)8-3-4-8/h5,7-8H,3-4,6H2,1-2H3,(H,14,17).